The van der Waals surface area contributed by atoms with Gasteiger partial charge in [-0.3, -0.25) is 0 Å². The molecule has 0 saturated carbocycles. The van der Waals surface area contributed by atoms with Gasteiger partial charge in [-0.2, -0.15) is 5.26 Å². The van der Waals surface area contributed by atoms with Crippen LogP contribution in [0.4, 0.5) is 0 Å². The van der Waals surface area contributed by atoms with Gasteiger partial charge in [0.25, 0.3) is 0 Å². The Kier molecular flexibility index (Phi) is 3.56. The zero-order valence-electron chi connectivity index (χ0n) is 11.7. The zero-order valence-corrected chi connectivity index (χ0v) is 11.7. The number of rotatable bonds is 4. The molecule has 1 atom stereocenters. The van der Waals surface area contributed by atoms with Crippen LogP contribution in [0.5, 0.6) is 0 Å². The van der Waals surface area contributed by atoms with Gasteiger partial charge < -0.3 is 0 Å². The number of benzene rings is 2. The molecule has 0 N–H and O–H groups in total. The Morgan fingerprint density at radius 1 is 1.00 bits per heavy atom. The molecule has 0 heterocycles. The third-order valence-electron chi connectivity index (χ3n) is 4.48. The largest absolute Gasteiger partial charge is 0.197 e. The van der Waals surface area contributed by atoms with E-state index in [0.29, 0.717) is 0 Å². The van der Waals surface area contributed by atoms with Crippen molar-refractivity contribution < 1.29 is 0 Å². The van der Waals surface area contributed by atoms with E-state index in [1.54, 1.807) is 0 Å². The van der Waals surface area contributed by atoms with Crippen molar-refractivity contribution in [3.05, 3.63) is 71.3 Å². The van der Waals surface area contributed by atoms with E-state index in [0.717, 1.165) is 32.1 Å². The van der Waals surface area contributed by atoms with Crippen molar-refractivity contribution in [3.8, 4) is 6.07 Å². The summed E-state index contributed by atoms with van der Waals surface area (Å²) in [5.74, 6) is 0. The van der Waals surface area contributed by atoms with Crippen LogP contribution in [0.25, 0.3) is 0 Å². The fourth-order valence-electron chi connectivity index (χ4n) is 3.36. The van der Waals surface area contributed by atoms with Gasteiger partial charge in [0, 0.05) is 0 Å². The molecule has 2 aromatic carbocycles. The first-order valence-corrected chi connectivity index (χ1v) is 7.38. The predicted octanol–water partition coefficient (Wildman–Crippen LogP) is 4.42. The molecule has 3 rings (SSSR count). The first-order valence-electron chi connectivity index (χ1n) is 7.38. The van der Waals surface area contributed by atoms with Crippen molar-refractivity contribution in [2.45, 2.75) is 37.5 Å². The van der Waals surface area contributed by atoms with Gasteiger partial charge in [0.1, 0.15) is 0 Å². The lowest BCUT2D eigenvalue weighted by atomic mass is 9.78. The standard InChI is InChI=1S/C19H19N/c20-15-19(13-6-9-16-7-2-1-3-8-16)14-12-17-10-4-5-11-18(17)19/h1-5,7-8,10-11H,6,9,12-14H2. The first kappa shape index (κ1) is 12.9. The summed E-state index contributed by atoms with van der Waals surface area (Å²) in [5.41, 5.74) is 3.77. The number of fused-ring (bicyclic) bond motifs is 1. The smallest absolute Gasteiger partial charge is 0.0828 e. The fourth-order valence-corrected chi connectivity index (χ4v) is 3.36. The molecule has 1 heteroatoms. The van der Waals surface area contributed by atoms with Gasteiger partial charge in [-0.1, -0.05) is 54.6 Å². The van der Waals surface area contributed by atoms with Crippen molar-refractivity contribution in [1.29, 1.82) is 5.26 Å². The summed E-state index contributed by atoms with van der Waals surface area (Å²) in [6, 6.07) is 21.6. The van der Waals surface area contributed by atoms with Gasteiger partial charge in [0.15, 0.2) is 0 Å². The normalized spacial score (nSPS) is 20.4. The van der Waals surface area contributed by atoms with Crippen LogP contribution < -0.4 is 0 Å². The molecule has 0 radical (unpaired) electrons. The van der Waals surface area contributed by atoms with Gasteiger partial charge in [-0.05, 0) is 48.8 Å². The Bertz CT molecular complexity index is 624. The highest BCUT2D eigenvalue weighted by molar-refractivity contribution is 5.44. The van der Waals surface area contributed by atoms with Gasteiger partial charge in [-0.25, -0.2) is 0 Å². The van der Waals surface area contributed by atoms with Crippen molar-refractivity contribution in [1.82, 2.24) is 0 Å². The topological polar surface area (TPSA) is 23.8 Å². The summed E-state index contributed by atoms with van der Waals surface area (Å²) in [7, 11) is 0. The van der Waals surface area contributed by atoms with Crippen LogP contribution in [0.2, 0.25) is 0 Å². The molecule has 0 spiro atoms. The van der Waals surface area contributed by atoms with Crippen LogP contribution in [0, 0.1) is 11.3 Å². The Labute approximate surface area is 120 Å². The fraction of sp³-hybridized carbons (Fsp3) is 0.316. The summed E-state index contributed by atoms with van der Waals surface area (Å²) in [6.45, 7) is 0. The molecule has 1 nitrogen and oxygen atoms in total. The lowest BCUT2D eigenvalue weighted by Gasteiger charge is -2.22. The minimum Gasteiger partial charge on any atom is -0.197 e. The molecular weight excluding hydrogens is 242 g/mol. The van der Waals surface area contributed by atoms with Crippen molar-refractivity contribution in [3.63, 3.8) is 0 Å². The SMILES string of the molecule is N#CC1(CCCc2ccccc2)CCc2ccccc21. The molecule has 0 bridgehead atoms. The molecule has 0 saturated heterocycles. The van der Waals surface area contributed by atoms with Crippen LogP contribution in [0.3, 0.4) is 0 Å². The number of hydrogen-bond acceptors (Lipinski definition) is 1. The summed E-state index contributed by atoms with van der Waals surface area (Å²) in [5, 5.41) is 9.71. The van der Waals surface area contributed by atoms with Crippen LogP contribution >= 0.6 is 0 Å². The van der Waals surface area contributed by atoms with E-state index in [-0.39, 0.29) is 5.41 Å². The summed E-state index contributed by atoms with van der Waals surface area (Å²) in [4.78, 5) is 0. The maximum Gasteiger partial charge on any atom is 0.0828 e. The second-order valence-electron chi connectivity index (χ2n) is 5.69. The molecular formula is C19H19N. The van der Waals surface area contributed by atoms with Gasteiger partial charge in [0.05, 0.1) is 11.5 Å². The monoisotopic (exact) mass is 261 g/mol. The molecule has 0 aromatic heterocycles. The lowest BCUT2D eigenvalue weighted by Crippen LogP contribution is -2.20. The molecule has 1 aliphatic carbocycles. The van der Waals surface area contributed by atoms with Gasteiger partial charge >= 0.3 is 0 Å². The number of nitrogens with zero attached hydrogens (tertiary/aromatic N) is 1. The van der Waals surface area contributed by atoms with Gasteiger partial charge in [-0.15, -0.1) is 0 Å². The molecule has 0 amide bonds. The lowest BCUT2D eigenvalue weighted by molar-refractivity contribution is 0.480. The molecule has 0 fully saturated rings. The Balaban J connectivity index is 1.71. The molecule has 2 aromatic rings. The highest BCUT2D eigenvalue weighted by Gasteiger charge is 2.38. The average Bonchev–Trinajstić information content (AvgIpc) is 2.88. The van der Waals surface area contributed by atoms with E-state index in [1.165, 1.54) is 16.7 Å². The Morgan fingerprint density at radius 2 is 1.75 bits per heavy atom. The number of nitriles is 1. The quantitative estimate of drug-likeness (QED) is 0.799. The predicted molar refractivity (Wildman–Crippen MR) is 81.4 cm³/mol. The number of aryl methyl sites for hydroxylation is 2. The molecule has 1 aliphatic rings. The Morgan fingerprint density at radius 3 is 2.55 bits per heavy atom. The van der Waals surface area contributed by atoms with E-state index >= 15 is 0 Å². The minimum absolute atomic E-state index is 0.245. The minimum atomic E-state index is -0.245. The maximum atomic E-state index is 9.71. The van der Waals surface area contributed by atoms with E-state index in [2.05, 4.69) is 54.6 Å². The van der Waals surface area contributed by atoms with Crippen LogP contribution in [0.1, 0.15) is 36.0 Å². The third-order valence-corrected chi connectivity index (χ3v) is 4.48. The highest BCUT2D eigenvalue weighted by atomic mass is 14.4. The summed E-state index contributed by atoms with van der Waals surface area (Å²) >= 11 is 0. The first-order chi connectivity index (χ1) is 9.84. The van der Waals surface area contributed by atoms with Crippen molar-refractivity contribution >= 4 is 0 Å². The molecule has 20 heavy (non-hydrogen) atoms. The molecule has 100 valence electrons. The van der Waals surface area contributed by atoms with Crippen molar-refractivity contribution in [2.24, 2.45) is 0 Å². The summed E-state index contributed by atoms with van der Waals surface area (Å²) < 4.78 is 0. The van der Waals surface area contributed by atoms with E-state index < -0.39 is 0 Å². The molecule has 0 aliphatic heterocycles. The third kappa shape index (κ3) is 2.34. The van der Waals surface area contributed by atoms with Crippen molar-refractivity contribution in [2.75, 3.05) is 0 Å². The van der Waals surface area contributed by atoms with Crippen LogP contribution in [-0.2, 0) is 18.3 Å². The number of hydrogen-bond donors (Lipinski definition) is 0. The Hall–Kier alpha value is -2.07. The van der Waals surface area contributed by atoms with E-state index in [4.69, 9.17) is 0 Å². The van der Waals surface area contributed by atoms with E-state index in [9.17, 15) is 5.26 Å². The molecule has 1 unspecified atom stereocenters. The second-order valence-corrected chi connectivity index (χ2v) is 5.69. The van der Waals surface area contributed by atoms with Crippen LogP contribution in [0.15, 0.2) is 54.6 Å². The average molecular weight is 261 g/mol. The highest BCUT2D eigenvalue weighted by Crippen LogP contribution is 2.42. The van der Waals surface area contributed by atoms with E-state index in [1.807, 2.05) is 6.07 Å². The summed E-state index contributed by atoms with van der Waals surface area (Å²) in [6.07, 6.45) is 5.14. The zero-order chi connectivity index (χ0) is 13.8. The second kappa shape index (κ2) is 5.51. The van der Waals surface area contributed by atoms with Crippen LogP contribution in [-0.4, -0.2) is 0 Å². The van der Waals surface area contributed by atoms with Gasteiger partial charge in [0.2, 0.25) is 0 Å². The maximum absolute atomic E-state index is 9.71.